The number of benzene rings is 2. The van der Waals surface area contributed by atoms with Crippen LogP contribution in [0.4, 0.5) is 28.8 Å². The summed E-state index contributed by atoms with van der Waals surface area (Å²) < 4.78 is 19.3. The summed E-state index contributed by atoms with van der Waals surface area (Å²) in [6.07, 6.45) is 7.98. The molecule has 0 radical (unpaired) electrons. The summed E-state index contributed by atoms with van der Waals surface area (Å²) in [5, 5.41) is 7.57. The minimum atomic E-state index is -2.76. The van der Waals surface area contributed by atoms with Crippen LogP contribution in [0.1, 0.15) is 25.3 Å². The van der Waals surface area contributed by atoms with Gasteiger partial charge in [-0.05, 0) is 63.4 Å². The molecule has 2 fully saturated rings. The average Bonchev–Trinajstić information content (AvgIpc) is 3.06. The molecule has 0 amide bonds. The van der Waals surface area contributed by atoms with Crippen LogP contribution in [0.5, 0.6) is 5.75 Å². The summed E-state index contributed by atoms with van der Waals surface area (Å²) in [7, 11) is 1.13. The molecule has 4 heterocycles. The van der Waals surface area contributed by atoms with Crippen LogP contribution >= 0.6 is 18.7 Å². The van der Waals surface area contributed by atoms with Crippen molar-refractivity contribution in [2.24, 2.45) is 0 Å². The maximum atomic E-state index is 13.4. The van der Waals surface area contributed by atoms with Crippen molar-refractivity contribution in [2.75, 3.05) is 82.3 Å². The number of methoxy groups -OCH3 is 1. The van der Waals surface area contributed by atoms with Gasteiger partial charge in [0.2, 0.25) is 5.95 Å². The van der Waals surface area contributed by atoms with E-state index in [0.29, 0.717) is 44.9 Å². The molecule has 0 bridgehead atoms. The molecule has 11 nitrogen and oxygen atoms in total. The standard InChI is InChI=1S/C33H43ClN9O2P/c1-6-22-19-27(29(45-3)20-28(22)43-13-9-23(10-14-43)42-17-15-41(2)16-18-42)39-33-37-21-24(34)32(40-33)38-26-8-7-25-30(36-12-11-35-25)31(26)46(4,5)44/h7-8,11-12,19-21,23H,6,9-10,13-18H2,1-5H3,(H2,37,38,39,40). The van der Waals surface area contributed by atoms with E-state index in [0.717, 1.165) is 57.1 Å². The zero-order chi connectivity index (χ0) is 32.4. The summed E-state index contributed by atoms with van der Waals surface area (Å²) in [5.74, 6) is 1.45. The molecular weight excluding hydrogens is 621 g/mol. The molecule has 2 aromatic carbocycles. The molecule has 4 aromatic rings. The first-order valence-corrected chi connectivity index (χ1v) is 18.9. The molecule has 2 N–H and O–H groups in total. The topological polar surface area (TPSA) is 112 Å². The van der Waals surface area contributed by atoms with Crippen molar-refractivity contribution in [3.8, 4) is 5.75 Å². The maximum Gasteiger partial charge on any atom is 0.229 e. The minimum absolute atomic E-state index is 0.328. The van der Waals surface area contributed by atoms with Gasteiger partial charge in [0.15, 0.2) is 5.82 Å². The van der Waals surface area contributed by atoms with Crippen LogP contribution in [0.2, 0.25) is 5.02 Å². The SMILES string of the molecule is CCc1cc(Nc2ncc(Cl)c(Nc3ccc4nccnc4c3P(C)(C)=O)n2)c(OC)cc1N1CCC(N2CCN(C)CC2)CC1. The molecule has 2 aromatic heterocycles. The van der Waals surface area contributed by atoms with Crippen LogP contribution in [0.3, 0.4) is 0 Å². The second-order valence-corrected chi connectivity index (χ2v) is 16.0. The summed E-state index contributed by atoms with van der Waals surface area (Å²) in [4.78, 5) is 25.6. The number of piperazine rings is 1. The van der Waals surface area contributed by atoms with Crippen LogP contribution < -0.4 is 25.6 Å². The van der Waals surface area contributed by atoms with Gasteiger partial charge >= 0.3 is 0 Å². The van der Waals surface area contributed by atoms with Gasteiger partial charge in [-0.15, -0.1) is 0 Å². The lowest BCUT2D eigenvalue weighted by molar-refractivity contribution is 0.0982. The number of hydrogen-bond acceptors (Lipinski definition) is 11. The Morgan fingerprint density at radius 3 is 2.41 bits per heavy atom. The van der Waals surface area contributed by atoms with Crippen LogP contribution in [0.25, 0.3) is 11.0 Å². The highest BCUT2D eigenvalue weighted by Gasteiger charge is 2.28. The first kappa shape index (κ1) is 32.4. The molecule has 2 aliphatic heterocycles. The number of likely N-dealkylation sites (N-methyl/N-ethyl adjacent to an activating group) is 1. The highest BCUT2D eigenvalue weighted by Crippen LogP contribution is 2.42. The van der Waals surface area contributed by atoms with Gasteiger partial charge in [-0.2, -0.15) is 4.98 Å². The van der Waals surface area contributed by atoms with E-state index >= 15 is 0 Å². The highest BCUT2D eigenvalue weighted by atomic mass is 35.5. The van der Waals surface area contributed by atoms with Crippen LogP contribution in [-0.2, 0) is 11.0 Å². The number of nitrogens with one attached hydrogen (secondary N) is 2. The maximum absolute atomic E-state index is 13.4. The number of fused-ring (bicyclic) bond motifs is 1. The van der Waals surface area contributed by atoms with E-state index in [1.54, 1.807) is 39.0 Å². The normalized spacial score (nSPS) is 17.0. The van der Waals surface area contributed by atoms with Crippen molar-refractivity contribution >= 4 is 63.9 Å². The molecule has 0 saturated carbocycles. The van der Waals surface area contributed by atoms with Crippen molar-refractivity contribution in [3.05, 3.63) is 53.4 Å². The Labute approximate surface area is 276 Å². The van der Waals surface area contributed by atoms with Gasteiger partial charge in [0, 0.05) is 69.5 Å². The molecule has 46 heavy (non-hydrogen) atoms. The molecule has 0 aliphatic carbocycles. The quantitative estimate of drug-likeness (QED) is 0.219. The molecule has 0 unspecified atom stereocenters. The zero-order valence-corrected chi connectivity index (χ0v) is 28.9. The Hall–Kier alpha value is -3.50. The first-order chi connectivity index (χ1) is 22.1. The molecule has 6 rings (SSSR count). The van der Waals surface area contributed by atoms with E-state index in [-0.39, 0.29) is 0 Å². The van der Waals surface area contributed by atoms with Gasteiger partial charge in [0.1, 0.15) is 23.4 Å². The van der Waals surface area contributed by atoms with E-state index in [1.807, 2.05) is 12.1 Å². The minimum Gasteiger partial charge on any atom is -0.494 e. The number of anilines is 5. The van der Waals surface area contributed by atoms with Gasteiger partial charge in [0.05, 0.1) is 35.5 Å². The number of aromatic nitrogens is 4. The van der Waals surface area contributed by atoms with Gasteiger partial charge < -0.3 is 29.7 Å². The Balaban J connectivity index is 1.23. The van der Waals surface area contributed by atoms with Crippen LogP contribution in [-0.4, -0.2) is 103 Å². The molecule has 0 atom stereocenters. The molecule has 2 saturated heterocycles. The zero-order valence-electron chi connectivity index (χ0n) is 27.3. The largest absolute Gasteiger partial charge is 0.494 e. The third-order valence-corrected chi connectivity index (χ3v) is 10.8. The third-order valence-electron chi connectivity index (χ3n) is 9.04. The summed E-state index contributed by atoms with van der Waals surface area (Å²) in [6.45, 7) is 12.3. The number of halogens is 1. The van der Waals surface area contributed by atoms with Gasteiger partial charge in [-0.3, -0.25) is 14.9 Å². The first-order valence-electron chi connectivity index (χ1n) is 15.9. The highest BCUT2D eigenvalue weighted by molar-refractivity contribution is 7.71. The van der Waals surface area contributed by atoms with Gasteiger partial charge in [-0.25, -0.2) is 4.98 Å². The van der Waals surface area contributed by atoms with Crippen LogP contribution in [0.15, 0.2) is 42.9 Å². The number of rotatable bonds is 9. The van der Waals surface area contributed by atoms with Crippen molar-refractivity contribution in [1.82, 2.24) is 29.7 Å². The molecule has 0 spiro atoms. The van der Waals surface area contributed by atoms with Crippen molar-refractivity contribution in [2.45, 2.75) is 32.2 Å². The monoisotopic (exact) mass is 663 g/mol. The Morgan fingerprint density at radius 2 is 1.72 bits per heavy atom. The van der Waals surface area contributed by atoms with Crippen molar-refractivity contribution in [1.29, 1.82) is 0 Å². The number of piperidine rings is 1. The van der Waals surface area contributed by atoms with Crippen molar-refractivity contribution < 1.29 is 9.30 Å². The van der Waals surface area contributed by atoms with E-state index in [9.17, 15) is 4.57 Å². The Morgan fingerprint density at radius 1 is 0.978 bits per heavy atom. The fourth-order valence-electron chi connectivity index (χ4n) is 6.55. The van der Waals surface area contributed by atoms with E-state index in [4.69, 9.17) is 21.3 Å². The Kier molecular flexibility index (Phi) is 9.66. The smallest absolute Gasteiger partial charge is 0.229 e. The fourth-order valence-corrected chi connectivity index (χ4v) is 8.08. The summed E-state index contributed by atoms with van der Waals surface area (Å²) >= 11 is 6.57. The molecule has 13 heteroatoms. The van der Waals surface area contributed by atoms with Gasteiger partial charge in [0.25, 0.3) is 0 Å². The second kappa shape index (κ2) is 13.7. The van der Waals surface area contributed by atoms with E-state index in [1.165, 1.54) is 24.1 Å². The molecule has 244 valence electrons. The fraction of sp³-hybridized carbons (Fsp3) is 0.455. The lowest BCUT2D eigenvalue weighted by Gasteiger charge is -2.43. The van der Waals surface area contributed by atoms with Gasteiger partial charge in [-0.1, -0.05) is 18.5 Å². The summed E-state index contributed by atoms with van der Waals surface area (Å²) in [5.41, 5.74) is 5.10. The number of aryl methyl sites for hydroxylation is 1. The number of hydrogen-bond donors (Lipinski definition) is 2. The molecule has 2 aliphatic rings. The lowest BCUT2D eigenvalue weighted by Crippen LogP contribution is -2.52. The average molecular weight is 664 g/mol. The molecular formula is C33H43ClN9O2P. The van der Waals surface area contributed by atoms with Crippen LogP contribution in [0, 0.1) is 0 Å². The second-order valence-electron chi connectivity index (χ2n) is 12.5. The lowest BCUT2D eigenvalue weighted by atomic mass is 9.99. The van der Waals surface area contributed by atoms with E-state index < -0.39 is 7.14 Å². The predicted octanol–water partition coefficient (Wildman–Crippen LogP) is 5.60. The van der Waals surface area contributed by atoms with E-state index in [2.05, 4.69) is 66.4 Å². The third kappa shape index (κ3) is 6.93. The Bertz CT molecular complexity index is 1750. The summed E-state index contributed by atoms with van der Waals surface area (Å²) in [6, 6.07) is 8.60. The number of ether oxygens (including phenoxy) is 1. The van der Waals surface area contributed by atoms with Crippen molar-refractivity contribution in [3.63, 3.8) is 0 Å². The number of nitrogens with zero attached hydrogens (tertiary/aromatic N) is 7. The predicted molar refractivity (Wildman–Crippen MR) is 189 cm³/mol.